The molecule has 0 saturated heterocycles. The van der Waals surface area contributed by atoms with Crippen molar-refractivity contribution in [1.82, 2.24) is 14.8 Å². The summed E-state index contributed by atoms with van der Waals surface area (Å²) in [7, 11) is 4.80. The molecule has 0 atom stereocenters. The summed E-state index contributed by atoms with van der Waals surface area (Å²) in [4.78, 5) is 25.5. The van der Waals surface area contributed by atoms with Crippen molar-refractivity contribution < 1.29 is 19.1 Å². The first-order chi connectivity index (χ1) is 18.0. The molecule has 5 aromatic rings. The maximum atomic E-state index is 12.9. The zero-order valence-electron chi connectivity index (χ0n) is 20.2. The van der Waals surface area contributed by atoms with Gasteiger partial charge in [0.15, 0.2) is 11.0 Å². The third kappa shape index (κ3) is 4.97. The van der Waals surface area contributed by atoms with Gasteiger partial charge in [-0.1, -0.05) is 42.1 Å². The average Bonchev–Trinajstić information content (AvgIpc) is 3.64. The first-order valence-electron chi connectivity index (χ1n) is 11.1. The van der Waals surface area contributed by atoms with Crippen LogP contribution >= 0.6 is 34.4 Å². The minimum Gasteiger partial charge on any atom is -0.497 e. The van der Waals surface area contributed by atoms with E-state index in [2.05, 4.69) is 33.0 Å². The van der Waals surface area contributed by atoms with Gasteiger partial charge in [0.1, 0.15) is 16.3 Å². The van der Waals surface area contributed by atoms with Gasteiger partial charge in [0, 0.05) is 39.0 Å². The predicted molar refractivity (Wildman–Crippen MR) is 149 cm³/mol. The molecule has 1 amide bonds. The molecule has 0 spiro atoms. The average molecular weight is 551 g/mol. The molecule has 0 bridgehead atoms. The summed E-state index contributed by atoms with van der Waals surface area (Å²) in [6, 6.07) is 15.5. The van der Waals surface area contributed by atoms with Gasteiger partial charge < -0.3 is 19.4 Å². The topological polar surface area (TPSA) is 95.3 Å². The summed E-state index contributed by atoms with van der Waals surface area (Å²) in [5, 5.41) is 17.6. The molecule has 2 aromatic carbocycles. The lowest BCUT2D eigenvalue weighted by molar-refractivity contribution is -0.113. The van der Waals surface area contributed by atoms with Gasteiger partial charge in [-0.15, -0.1) is 32.9 Å². The summed E-state index contributed by atoms with van der Waals surface area (Å²) in [6.45, 7) is 0. The first kappa shape index (κ1) is 25.0. The molecular formula is C26H22N4O4S3. The number of benzene rings is 2. The van der Waals surface area contributed by atoms with E-state index in [4.69, 9.17) is 9.47 Å². The number of aromatic nitrogens is 3. The zero-order chi connectivity index (χ0) is 25.9. The second-order valence-corrected chi connectivity index (χ2v) is 10.7. The van der Waals surface area contributed by atoms with Crippen molar-refractivity contribution >= 4 is 61.4 Å². The number of esters is 1. The number of nitrogens with zero attached hydrogens (tertiary/aromatic N) is 3. The van der Waals surface area contributed by atoms with E-state index < -0.39 is 5.97 Å². The Morgan fingerprint density at radius 2 is 1.76 bits per heavy atom. The predicted octanol–water partition coefficient (Wildman–Crippen LogP) is 5.95. The second-order valence-electron chi connectivity index (χ2n) is 7.92. The minimum atomic E-state index is -0.518. The van der Waals surface area contributed by atoms with Gasteiger partial charge in [0.2, 0.25) is 5.91 Å². The van der Waals surface area contributed by atoms with E-state index in [9.17, 15) is 9.59 Å². The highest BCUT2D eigenvalue weighted by atomic mass is 32.2. The van der Waals surface area contributed by atoms with E-state index in [1.165, 1.54) is 34.9 Å². The normalized spacial score (nSPS) is 11.0. The number of thioether (sulfide) groups is 1. The number of nitrogens with one attached hydrogen (secondary N) is 1. The van der Waals surface area contributed by atoms with Gasteiger partial charge in [0.25, 0.3) is 0 Å². The van der Waals surface area contributed by atoms with E-state index in [0.717, 1.165) is 22.3 Å². The van der Waals surface area contributed by atoms with Gasteiger partial charge in [0.05, 0.1) is 20.0 Å². The molecular weight excluding hydrogens is 529 g/mol. The van der Waals surface area contributed by atoms with Crippen LogP contribution in [0.2, 0.25) is 0 Å². The maximum Gasteiger partial charge on any atom is 0.341 e. The highest BCUT2D eigenvalue weighted by Crippen LogP contribution is 2.37. The van der Waals surface area contributed by atoms with Crippen molar-refractivity contribution in [3.8, 4) is 28.3 Å². The number of methoxy groups -OCH3 is 2. The van der Waals surface area contributed by atoms with Crippen molar-refractivity contribution in [2.45, 2.75) is 5.16 Å². The fourth-order valence-electron chi connectivity index (χ4n) is 3.86. The third-order valence-electron chi connectivity index (χ3n) is 5.72. The number of anilines is 1. The smallest absolute Gasteiger partial charge is 0.341 e. The lowest BCUT2D eigenvalue weighted by Crippen LogP contribution is -2.16. The molecule has 3 heterocycles. The standard InChI is InChI=1S/C26H22N4O4S3/c1-30-23(19-13-35-20-7-5-4-6-17(19)20)28-29-26(30)37-14-21(31)27-24-22(25(32)34-3)18(12-36-24)15-8-10-16(33-2)11-9-15/h4-13H,14H2,1-3H3,(H,27,31). The molecule has 5 rings (SSSR count). The molecule has 1 N–H and O–H groups in total. The molecule has 0 saturated carbocycles. The minimum absolute atomic E-state index is 0.104. The lowest BCUT2D eigenvalue weighted by Gasteiger charge is -2.08. The summed E-state index contributed by atoms with van der Waals surface area (Å²) in [6.07, 6.45) is 0. The molecule has 37 heavy (non-hydrogen) atoms. The fourth-order valence-corrected chi connectivity index (χ4v) is 6.48. The number of carbonyl (C=O) groups excluding carboxylic acids is 2. The van der Waals surface area contributed by atoms with Crippen LogP contribution in [0.3, 0.4) is 0 Å². The highest BCUT2D eigenvalue weighted by molar-refractivity contribution is 7.99. The van der Waals surface area contributed by atoms with Crippen LogP contribution in [0.5, 0.6) is 5.75 Å². The van der Waals surface area contributed by atoms with Gasteiger partial charge in [-0.25, -0.2) is 4.79 Å². The fraction of sp³-hybridized carbons (Fsp3) is 0.154. The van der Waals surface area contributed by atoms with Crippen LogP contribution in [0, 0.1) is 0 Å². The lowest BCUT2D eigenvalue weighted by atomic mass is 10.0. The third-order valence-corrected chi connectivity index (χ3v) is 8.60. The van der Waals surface area contributed by atoms with Crippen LogP contribution in [0.1, 0.15) is 10.4 Å². The molecule has 0 aliphatic rings. The largest absolute Gasteiger partial charge is 0.497 e. The number of fused-ring (bicyclic) bond motifs is 1. The Morgan fingerprint density at radius 3 is 2.51 bits per heavy atom. The Morgan fingerprint density at radius 1 is 1.00 bits per heavy atom. The quantitative estimate of drug-likeness (QED) is 0.188. The second kappa shape index (κ2) is 10.8. The number of carbonyl (C=O) groups is 2. The summed E-state index contributed by atoms with van der Waals surface area (Å²) >= 11 is 4.22. The monoisotopic (exact) mass is 550 g/mol. The van der Waals surface area contributed by atoms with E-state index in [-0.39, 0.29) is 11.7 Å². The Labute approximate surface area is 225 Å². The van der Waals surface area contributed by atoms with Crippen molar-refractivity contribution in [2.75, 3.05) is 25.3 Å². The van der Waals surface area contributed by atoms with E-state index in [0.29, 0.717) is 27.0 Å². The Kier molecular flexibility index (Phi) is 7.26. The van der Waals surface area contributed by atoms with Crippen LogP contribution in [0.4, 0.5) is 5.00 Å². The van der Waals surface area contributed by atoms with E-state index in [1.807, 2.05) is 53.4 Å². The van der Waals surface area contributed by atoms with Crippen LogP contribution in [-0.4, -0.2) is 46.6 Å². The van der Waals surface area contributed by atoms with Crippen molar-refractivity contribution in [2.24, 2.45) is 7.05 Å². The van der Waals surface area contributed by atoms with Gasteiger partial charge in [-0.05, 0) is 23.8 Å². The number of hydrogen-bond acceptors (Lipinski definition) is 9. The summed E-state index contributed by atoms with van der Waals surface area (Å²) < 4.78 is 13.3. The SMILES string of the molecule is COC(=O)c1c(-c2ccc(OC)cc2)csc1NC(=O)CSc1nnc(-c2csc3ccccc23)n1C. The molecule has 3 aromatic heterocycles. The number of rotatable bonds is 8. The van der Waals surface area contributed by atoms with Gasteiger partial charge in [-0.3, -0.25) is 4.79 Å². The first-order valence-corrected chi connectivity index (χ1v) is 13.9. The number of hydrogen-bond donors (Lipinski definition) is 1. The van der Waals surface area contributed by atoms with Gasteiger partial charge in [-0.2, -0.15) is 0 Å². The van der Waals surface area contributed by atoms with Gasteiger partial charge >= 0.3 is 5.97 Å². The van der Waals surface area contributed by atoms with Crippen molar-refractivity contribution in [3.05, 3.63) is 64.9 Å². The van der Waals surface area contributed by atoms with Crippen LogP contribution < -0.4 is 10.1 Å². The van der Waals surface area contributed by atoms with Crippen LogP contribution in [0.15, 0.2) is 64.4 Å². The summed E-state index contributed by atoms with van der Waals surface area (Å²) in [5.41, 5.74) is 2.84. The van der Waals surface area contributed by atoms with Crippen molar-refractivity contribution in [1.29, 1.82) is 0 Å². The molecule has 8 nitrogen and oxygen atoms in total. The molecule has 0 fully saturated rings. The number of thiophene rings is 2. The Hall–Kier alpha value is -3.67. The Bertz CT molecular complexity index is 1590. The van der Waals surface area contributed by atoms with E-state index in [1.54, 1.807) is 18.4 Å². The Balaban J connectivity index is 1.31. The van der Waals surface area contributed by atoms with Crippen molar-refractivity contribution in [3.63, 3.8) is 0 Å². The van der Waals surface area contributed by atoms with Crippen LogP contribution in [-0.2, 0) is 16.6 Å². The molecule has 0 unspecified atom stereocenters. The molecule has 0 aliphatic carbocycles. The number of ether oxygens (including phenoxy) is 2. The highest BCUT2D eigenvalue weighted by Gasteiger charge is 2.23. The zero-order valence-corrected chi connectivity index (χ0v) is 22.6. The van der Waals surface area contributed by atoms with E-state index >= 15 is 0 Å². The molecule has 11 heteroatoms. The molecule has 188 valence electrons. The maximum absolute atomic E-state index is 12.9. The van der Waals surface area contributed by atoms with Crippen LogP contribution in [0.25, 0.3) is 32.6 Å². The summed E-state index contributed by atoms with van der Waals surface area (Å²) in [5.74, 6) is 0.783. The number of amides is 1. The molecule has 0 radical (unpaired) electrons. The molecule has 0 aliphatic heterocycles.